The molecule has 3 rings (SSSR count). The zero-order chi connectivity index (χ0) is 17.8. The lowest BCUT2D eigenvalue weighted by Crippen LogP contribution is -2.52. The van der Waals surface area contributed by atoms with Crippen molar-refractivity contribution in [1.82, 2.24) is 15.5 Å². The van der Waals surface area contributed by atoms with E-state index in [1.54, 1.807) is 0 Å². The Morgan fingerprint density at radius 2 is 1.88 bits per heavy atom. The van der Waals surface area contributed by atoms with E-state index in [4.69, 9.17) is 0 Å². The summed E-state index contributed by atoms with van der Waals surface area (Å²) in [6.45, 7) is 5.85. The second-order valence-electron chi connectivity index (χ2n) is 7.74. The van der Waals surface area contributed by atoms with E-state index in [1.807, 2.05) is 36.9 Å². The summed E-state index contributed by atoms with van der Waals surface area (Å²) >= 11 is 0. The van der Waals surface area contributed by atoms with E-state index in [0.717, 1.165) is 13.0 Å². The van der Waals surface area contributed by atoms with Crippen LogP contribution in [0, 0.1) is 11.8 Å². The van der Waals surface area contributed by atoms with Crippen molar-refractivity contribution in [2.75, 3.05) is 19.6 Å². The predicted octanol–water partition coefficient (Wildman–Crippen LogP) is 2.74. The Hall–Kier alpha value is -2.04. The van der Waals surface area contributed by atoms with Gasteiger partial charge < -0.3 is 15.5 Å². The molecule has 1 saturated carbocycles. The SMILES string of the molecule is CC(C)NC(=O)N1CC(C(=O)NCC2CC2)CC(c2ccccc2)C1. The van der Waals surface area contributed by atoms with Gasteiger partial charge in [0, 0.05) is 31.6 Å². The van der Waals surface area contributed by atoms with Crippen LogP contribution in [0.2, 0.25) is 0 Å². The van der Waals surface area contributed by atoms with Crippen LogP contribution in [-0.2, 0) is 4.79 Å². The maximum absolute atomic E-state index is 12.6. The first-order chi connectivity index (χ1) is 12.0. The second kappa shape index (κ2) is 7.89. The number of amides is 3. The predicted molar refractivity (Wildman–Crippen MR) is 98.3 cm³/mol. The molecule has 2 N–H and O–H groups in total. The molecule has 1 aromatic rings. The smallest absolute Gasteiger partial charge is 0.317 e. The van der Waals surface area contributed by atoms with E-state index < -0.39 is 0 Å². The number of likely N-dealkylation sites (tertiary alicyclic amines) is 1. The van der Waals surface area contributed by atoms with Gasteiger partial charge in [-0.05, 0) is 44.6 Å². The van der Waals surface area contributed by atoms with Crippen molar-refractivity contribution in [3.63, 3.8) is 0 Å². The van der Waals surface area contributed by atoms with Gasteiger partial charge in [0.1, 0.15) is 0 Å². The minimum absolute atomic E-state index is 0.0735. The molecule has 1 heterocycles. The number of carbonyl (C=O) groups excluding carboxylic acids is 2. The standard InChI is InChI=1S/C20H29N3O2/c1-14(2)22-20(25)23-12-17(16-6-4-3-5-7-16)10-18(13-23)19(24)21-11-15-8-9-15/h3-7,14-15,17-18H,8-13H2,1-2H3,(H,21,24)(H,22,25). The van der Waals surface area contributed by atoms with Crippen molar-refractivity contribution in [3.8, 4) is 0 Å². The fourth-order valence-electron chi connectivity index (χ4n) is 3.47. The van der Waals surface area contributed by atoms with Crippen LogP contribution < -0.4 is 10.6 Å². The summed E-state index contributed by atoms with van der Waals surface area (Å²) in [7, 11) is 0. The van der Waals surface area contributed by atoms with Crippen molar-refractivity contribution in [2.24, 2.45) is 11.8 Å². The average molecular weight is 343 g/mol. The average Bonchev–Trinajstić information content (AvgIpc) is 3.44. The monoisotopic (exact) mass is 343 g/mol. The summed E-state index contributed by atoms with van der Waals surface area (Å²) in [6.07, 6.45) is 3.24. The number of benzene rings is 1. The molecular weight excluding hydrogens is 314 g/mol. The van der Waals surface area contributed by atoms with Gasteiger partial charge in [-0.3, -0.25) is 4.79 Å². The van der Waals surface area contributed by atoms with Crippen LogP contribution in [0.1, 0.15) is 44.6 Å². The van der Waals surface area contributed by atoms with Crippen molar-refractivity contribution in [1.29, 1.82) is 0 Å². The van der Waals surface area contributed by atoms with Gasteiger partial charge in [-0.25, -0.2) is 4.79 Å². The van der Waals surface area contributed by atoms with Gasteiger partial charge in [-0.2, -0.15) is 0 Å². The summed E-state index contributed by atoms with van der Waals surface area (Å²) in [5.41, 5.74) is 1.20. The molecule has 2 aliphatic rings. The first-order valence-corrected chi connectivity index (χ1v) is 9.41. The molecule has 25 heavy (non-hydrogen) atoms. The van der Waals surface area contributed by atoms with E-state index in [0.29, 0.717) is 19.0 Å². The van der Waals surface area contributed by atoms with Crippen LogP contribution in [0.3, 0.4) is 0 Å². The summed E-state index contributed by atoms with van der Waals surface area (Å²) in [5, 5.41) is 6.05. The van der Waals surface area contributed by atoms with Gasteiger partial charge in [-0.1, -0.05) is 30.3 Å². The number of hydrogen-bond donors (Lipinski definition) is 2. The number of nitrogens with zero attached hydrogens (tertiary/aromatic N) is 1. The topological polar surface area (TPSA) is 61.4 Å². The number of piperidine rings is 1. The maximum atomic E-state index is 12.6. The number of rotatable bonds is 5. The Balaban J connectivity index is 1.70. The van der Waals surface area contributed by atoms with Gasteiger partial charge in [0.25, 0.3) is 0 Å². The Kier molecular flexibility index (Phi) is 5.61. The maximum Gasteiger partial charge on any atom is 0.317 e. The Bertz CT molecular complexity index is 598. The first kappa shape index (κ1) is 17.8. The molecule has 5 nitrogen and oxygen atoms in total. The minimum atomic E-state index is -0.143. The lowest BCUT2D eigenvalue weighted by Gasteiger charge is -2.37. The van der Waals surface area contributed by atoms with Crippen molar-refractivity contribution >= 4 is 11.9 Å². The van der Waals surface area contributed by atoms with Crippen LogP contribution in [0.4, 0.5) is 4.79 Å². The number of carbonyl (C=O) groups is 2. The molecule has 0 bridgehead atoms. The quantitative estimate of drug-likeness (QED) is 0.863. The number of nitrogens with one attached hydrogen (secondary N) is 2. The van der Waals surface area contributed by atoms with E-state index in [2.05, 4.69) is 22.8 Å². The van der Waals surface area contributed by atoms with Gasteiger partial charge in [-0.15, -0.1) is 0 Å². The molecular formula is C20H29N3O2. The van der Waals surface area contributed by atoms with Crippen molar-refractivity contribution in [3.05, 3.63) is 35.9 Å². The summed E-state index contributed by atoms with van der Waals surface area (Å²) < 4.78 is 0. The Morgan fingerprint density at radius 3 is 2.52 bits per heavy atom. The first-order valence-electron chi connectivity index (χ1n) is 9.41. The zero-order valence-corrected chi connectivity index (χ0v) is 15.2. The normalized spacial score (nSPS) is 23.4. The highest BCUT2D eigenvalue weighted by Crippen LogP contribution is 2.31. The third-order valence-electron chi connectivity index (χ3n) is 5.05. The number of hydrogen-bond acceptors (Lipinski definition) is 2. The lowest BCUT2D eigenvalue weighted by molar-refractivity contribution is -0.126. The molecule has 0 aromatic heterocycles. The van der Waals surface area contributed by atoms with E-state index in [9.17, 15) is 9.59 Å². The molecule has 0 radical (unpaired) electrons. The second-order valence-corrected chi connectivity index (χ2v) is 7.74. The highest BCUT2D eigenvalue weighted by atomic mass is 16.2. The van der Waals surface area contributed by atoms with E-state index in [-0.39, 0.29) is 29.8 Å². The third-order valence-corrected chi connectivity index (χ3v) is 5.05. The summed E-state index contributed by atoms with van der Waals surface area (Å²) in [6, 6.07) is 10.2. The molecule has 136 valence electrons. The van der Waals surface area contributed by atoms with Gasteiger partial charge >= 0.3 is 6.03 Å². The van der Waals surface area contributed by atoms with Gasteiger partial charge in [0.05, 0.1) is 5.92 Å². The van der Waals surface area contributed by atoms with Gasteiger partial charge in [0.2, 0.25) is 5.91 Å². The fourth-order valence-corrected chi connectivity index (χ4v) is 3.47. The van der Waals surface area contributed by atoms with E-state index in [1.165, 1.54) is 18.4 Å². The van der Waals surface area contributed by atoms with Crippen LogP contribution in [0.5, 0.6) is 0 Å². The molecule has 5 heteroatoms. The highest BCUT2D eigenvalue weighted by molar-refractivity contribution is 5.81. The van der Waals surface area contributed by atoms with Crippen molar-refractivity contribution in [2.45, 2.75) is 45.1 Å². The molecule has 1 saturated heterocycles. The minimum Gasteiger partial charge on any atom is -0.356 e. The fraction of sp³-hybridized carbons (Fsp3) is 0.600. The summed E-state index contributed by atoms with van der Waals surface area (Å²) in [4.78, 5) is 26.9. The van der Waals surface area contributed by atoms with Crippen molar-refractivity contribution < 1.29 is 9.59 Å². The van der Waals surface area contributed by atoms with Crippen LogP contribution in [0.25, 0.3) is 0 Å². The Labute approximate surface area is 150 Å². The molecule has 1 aromatic carbocycles. The lowest BCUT2D eigenvalue weighted by atomic mass is 9.84. The Morgan fingerprint density at radius 1 is 1.16 bits per heavy atom. The van der Waals surface area contributed by atoms with Crippen LogP contribution in [0.15, 0.2) is 30.3 Å². The molecule has 1 aliphatic carbocycles. The zero-order valence-electron chi connectivity index (χ0n) is 15.2. The van der Waals surface area contributed by atoms with Crippen LogP contribution >= 0.6 is 0 Å². The van der Waals surface area contributed by atoms with Crippen LogP contribution in [-0.4, -0.2) is 42.5 Å². The van der Waals surface area contributed by atoms with Gasteiger partial charge in [0.15, 0.2) is 0 Å². The molecule has 1 aliphatic heterocycles. The molecule has 3 amide bonds. The highest BCUT2D eigenvalue weighted by Gasteiger charge is 2.35. The molecule has 2 fully saturated rings. The number of urea groups is 1. The largest absolute Gasteiger partial charge is 0.356 e. The molecule has 2 unspecified atom stereocenters. The molecule has 2 atom stereocenters. The van der Waals surface area contributed by atoms with E-state index >= 15 is 0 Å². The molecule has 0 spiro atoms. The third kappa shape index (κ3) is 4.97. The summed E-state index contributed by atoms with van der Waals surface area (Å²) in [5.74, 6) is 0.813.